The van der Waals surface area contributed by atoms with Crippen LogP contribution in [0.4, 0.5) is 0 Å². The van der Waals surface area contributed by atoms with Gasteiger partial charge in [-0.2, -0.15) is 0 Å². The van der Waals surface area contributed by atoms with Gasteiger partial charge in [-0.3, -0.25) is 5.14 Å². The lowest BCUT2D eigenvalue weighted by Crippen LogP contribution is -1.88. The van der Waals surface area contributed by atoms with Crippen LogP contribution in [0, 0.1) is 0 Å². The lowest BCUT2D eigenvalue weighted by molar-refractivity contribution is 0.413. The number of hydrogen-bond acceptors (Lipinski definition) is 3. The van der Waals surface area contributed by atoms with Gasteiger partial charge in [0.1, 0.15) is 5.75 Å². The van der Waals surface area contributed by atoms with E-state index in [-0.39, 0.29) is 0 Å². The quantitative estimate of drug-likeness (QED) is 0.727. The van der Waals surface area contributed by atoms with E-state index in [2.05, 4.69) is 6.58 Å². The second kappa shape index (κ2) is 4.18. The third kappa shape index (κ3) is 1.81. The SMILES string of the molecule is C=Cc1ccc(SN)cc1OC. The van der Waals surface area contributed by atoms with E-state index >= 15 is 0 Å². The van der Waals surface area contributed by atoms with Gasteiger partial charge in [0.2, 0.25) is 0 Å². The van der Waals surface area contributed by atoms with E-state index in [1.165, 1.54) is 11.9 Å². The molecule has 64 valence electrons. The van der Waals surface area contributed by atoms with Crippen LogP contribution in [-0.2, 0) is 0 Å². The molecule has 0 heterocycles. The summed E-state index contributed by atoms with van der Waals surface area (Å²) < 4.78 is 5.14. The summed E-state index contributed by atoms with van der Waals surface area (Å²) in [6.45, 7) is 3.68. The molecule has 0 atom stereocenters. The fourth-order valence-electron chi connectivity index (χ4n) is 0.933. The molecule has 1 rings (SSSR count). The second-order valence-corrected chi connectivity index (χ2v) is 2.93. The Hall–Kier alpha value is -0.930. The van der Waals surface area contributed by atoms with Crippen LogP contribution in [0.25, 0.3) is 6.08 Å². The molecule has 0 aliphatic carbocycles. The highest BCUT2D eigenvalue weighted by molar-refractivity contribution is 7.97. The average molecular weight is 181 g/mol. The molecule has 0 bridgehead atoms. The lowest BCUT2D eigenvalue weighted by atomic mass is 10.2. The minimum absolute atomic E-state index is 0.806. The van der Waals surface area contributed by atoms with Gasteiger partial charge in [-0.05, 0) is 24.1 Å². The van der Waals surface area contributed by atoms with Crippen molar-refractivity contribution in [2.75, 3.05) is 7.11 Å². The summed E-state index contributed by atoms with van der Waals surface area (Å²) in [5.74, 6) is 0.806. The van der Waals surface area contributed by atoms with Crippen molar-refractivity contribution in [3.05, 3.63) is 30.3 Å². The predicted octanol–water partition coefficient (Wildman–Crippen LogP) is 2.30. The second-order valence-electron chi connectivity index (χ2n) is 2.23. The maximum absolute atomic E-state index is 5.40. The number of ether oxygens (including phenoxy) is 1. The van der Waals surface area contributed by atoms with Gasteiger partial charge >= 0.3 is 0 Å². The molecule has 2 N–H and O–H groups in total. The van der Waals surface area contributed by atoms with Crippen molar-refractivity contribution >= 4 is 18.0 Å². The van der Waals surface area contributed by atoms with Crippen molar-refractivity contribution in [2.45, 2.75) is 4.90 Å². The Morgan fingerprint density at radius 1 is 1.58 bits per heavy atom. The van der Waals surface area contributed by atoms with Crippen molar-refractivity contribution < 1.29 is 4.74 Å². The molecule has 0 radical (unpaired) electrons. The molecule has 0 saturated heterocycles. The van der Waals surface area contributed by atoms with Crippen LogP contribution in [0.2, 0.25) is 0 Å². The van der Waals surface area contributed by atoms with Gasteiger partial charge < -0.3 is 4.74 Å². The Morgan fingerprint density at radius 3 is 2.83 bits per heavy atom. The molecular formula is C9H11NOS. The number of rotatable bonds is 3. The van der Waals surface area contributed by atoms with Crippen LogP contribution in [0.1, 0.15) is 5.56 Å². The summed E-state index contributed by atoms with van der Waals surface area (Å²) in [5.41, 5.74) is 0.982. The van der Waals surface area contributed by atoms with E-state index in [0.29, 0.717) is 0 Å². The van der Waals surface area contributed by atoms with Crippen LogP contribution in [0.15, 0.2) is 29.7 Å². The Labute approximate surface area is 76.5 Å². The minimum Gasteiger partial charge on any atom is -0.496 e. The summed E-state index contributed by atoms with van der Waals surface area (Å²) in [5, 5.41) is 5.40. The highest BCUT2D eigenvalue weighted by Crippen LogP contribution is 2.24. The Balaban J connectivity index is 3.10. The monoisotopic (exact) mass is 181 g/mol. The first kappa shape index (κ1) is 9.16. The zero-order chi connectivity index (χ0) is 8.97. The normalized spacial score (nSPS) is 9.50. The fraction of sp³-hybridized carbons (Fsp3) is 0.111. The Morgan fingerprint density at radius 2 is 2.33 bits per heavy atom. The van der Waals surface area contributed by atoms with Crippen molar-refractivity contribution in [2.24, 2.45) is 5.14 Å². The van der Waals surface area contributed by atoms with Crippen LogP contribution in [-0.4, -0.2) is 7.11 Å². The van der Waals surface area contributed by atoms with Gasteiger partial charge in [0, 0.05) is 10.5 Å². The van der Waals surface area contributed by atoms with Crippen LogP contribution in [0.5, 0.6) is 5.75 Å². The third-order valence-corrected chi connectivity index (χ3v) is 2.09. The zero-order valence-corrected chi connectivity index (χ0v) is 7.73. The van der Waals surface area contributed by atoms with Crippen molar-refractivity contribution in [3.8, 4) is 5.75 Å². The van der Waals surface area contributed by atoms with E-state index in [1.807, 2.05) is 18.2 Å². The smallest absolute Gasteiger partial charge is 0.127 e. The highest BCUT2D eigenvalue weighted by atomic mass is 32.2. The maximum atomic E-state index is 5.40. The van der Waals surface area contributed by atoms with Crippen molar-refractivity contribution in [1.82, 2.24) is 0 Å². The Kier molecular flexibility index (Phi) is 3.19. The molecule has 1 aromatic rings. The average Bonchev–Trinajstić information content (AvgIpc) is 2.16. The fourth-order valence-corrected chi connectivity index (χ4v) is 1.26. The van der Waals surface area contributed by atoms with E-state index < -0.39 is 0 Å². The van der Waals surface area contributed by atoms with Crippen LogP contribution < -0.4 is 9.88 Å². The summed E-state index contributed by atoms with van der Waals surface area (Å²) in [4.78, 5) is 0.984. The molecule has 0 aromatic heterocycles. The summed E-state index contributed by atoms with van der Waals surface area (Å²) in [6.07, 6.45) is 1.75. The van der Waals surface area contributed by atoms with E-state index in [0.717, 1.165) is 16.2 Å². The third-order valence-electron chi connectivity index (χ3n) is 1.56. The van der Waals surface area contributed by atoms with Crippen LogP contribution >= 0.6 is 11.9 Å². The van der Waals surface area contributed by atoms with E-state index in [1.54, 1.807) is 13.2 Å². The van der Waals surface area contributed by atoms with E-state index in [9.17, 15) is 0 Å². The van der Waals surface area contributed by atoms with Gasteiger partial charge in [0.15, 0.2) is 0 Å². The lowest BCUT2D eigenvalue weighted by Gasteiger charge is -2.05. The molecular weight excluding hydrogens is 170 g/mol. The number of hydrogen-bond donors (Lipinski definition) is 1. The van der Waals surface area contributed by atoms with Gasteiger partial charge in [0.05, 0.1) is 7.11 Å². The van der Waals surface area contributed by atoms with Gasteiger partial charge in [-0.25, -0.2) is 0 Å². The maximum Gasteiger partial charge on any atom is 0.127 e. The molecule has 2 nitrogen and oxygen atoms in total. The van der Waals surface area contributed by atoms with Crippen molar-refractivity contribution in [3.63, 3.8) is 0 Å². The summed E-state index contributed by atoms with van der Waals surface area (Å²) in [7, 11) is 1.63. The molecule has 12 heavy (non-hydrogen) atoms. The standard InChI is InChI=1S/C9H11NOS/c1-3-7-4-5-8(12-10)6-9(7)11-2/h3-6H,1,10H2,2H3. The highest BCUT2D eigenvalue weighted by Gasteiger charge is 1.99. The van der Waals surface area contributed by atoms with Crippen molar-refractivity contribution in [1.29, 1.82) is 0 Å². The molecule has 1 aromatic carbocycles. The molecule has 0 aliphatic heterocycles. The first-order valence-electron chi connectivity index (χ1n) is 3.49. The summed E-state index contributed by atoms with van der Waals surface area (Å²) >= 11 is 1.20. The molecule has 0 saturated carbocycles. The molecule has 3 heteroatoms. The number of benzene rings is 1. The van der Waals surface area contributed by atoms with Gasteiger partial charge in [-0.1, -0.05) is 18.7 Å². The topological polar surface area (TPSA) is 35.2 Å². The molecule has 0 fully saturated rings. The molecule has 0 spiro atoms. The van der Waals surface area contributed by atoms with Gasteiger partial charge in [0.25, 0.3) is 0 Å². The first-order valence-corrected chi connectivity index (χ1v) is 4.37. The largest absolute Gasteiger partial charge is 0.496 e. The first-order chi connectivity index (χ1) is 5.81. The molecule has 0 amide bonds. The summed E-state index contributed by atoms with van der Waals surface area (Å²) in [6, 6.07) is 5.76. The number of nitrogens with two attached hydrogens (primary N) is 1. The predicted molar refractivity (Wildman–Crippen MR) is 53.1 cm³/mol. The molecule has 0 unspecified atom stereocenters. The van der Waals surface area contributed by atoms with Gasteiger partial charge in [-0.15, -0.1) is 0 Å². The zero-order valence-electron chi connectivity index (χ0n) is 6.91. The molecule has 0 aliphatic rings. The number of methoxy groups -OCH3 is 1. The minimum atomic E-state index is 0.806. The Bertz CT molecular complexity index is 286. The van der Waals surface area contributed by atoms with E-state index in [4.69, 9.17) is 9.88 Å². The van der Waals surface area contributed by atoms with Crippen LogP contribution in [0.3, 0.4) is 0 Å².